The summed E-state index contributed by atoms with van der Waals surface area (Å²) in [4.78, 5) is 23.9. The van der Waals surface area contributed by atoms with Crippen LogP contribution in [-0.4, -0.2) is 15.8 Å². The highest BCUT2D eigenvalue weighted by molar-refractivity contribution is 9.10. The summed E-state index contributed by atoms with van der Waals surface area (Å²) in [5.74, 6) is -0.917. The second-order valence-corrected chi connectivity index (χ2v) is 3.06. The number of nitrogens with zero attached hydrogens (tertiary/aromatic N) is 2. The molecule has 0 saturated heterocycles. The van der Waals surface area contributed by atoms with Crippen LogP contribution in [0.5, 0.6) is 0 Å². The molecule has 6 nitrogen and oxygen atoms in total. The third-order valence-electron chi connectivity index (χ3n) is 1.26. The average Bonchev–Trinajstić information content (AvgIpc) is 2.03. The van der Waals surface area contributed by atoms with Crippen molar-refractivity contribution in [1.82, 2.24) is 4.98 Å². The van der Waals surface area contributed by atoms with E-state index < -0.39 is 16.5 Å². The van der Waals surface area contributed by atoms with Crippen molar-refractivity contribution in [3.8, 4) is 0 Å². The topological polar surface area (TPSA) is 99.1 Å². The number of halogens is 1. The number of carbonyl (C=O) groups excluding carboxylic acids is 1. The monoisotopic (exact) mass is 245 g/mol. The second-order valence-electron chi connectivity index (χ2n) is 2.14. The number of hydrogen-bond donors (Lipinski definition) is 1. The van der Waals surface area contributed by atoms with Gasteiger partial charge in [-0.1, -0.05) is 0 Å². The number of nitrogens with two attached hydrogens (primary N) is 1. The first-order valence-electron chi connectivity index (χ1n) is 3.12. The molecule has 1 aromatic rings. The van der Waals surface area contributed by atoms with Crippen LogP contribution in [0.15, 0.2) is 16.7 Å². The highest BCUT2D eigenvalue weighted by Crippen LogP contribution is 2.20. The zero-order valence-corrected chi connectivity index (χ0v) is 7.82. The third-order valence-corrected chi connectivity index (χ3v) is 1.70. The summed E-state index contributed by atoms with van der Waals surface area (Å²) in [5, 5.41) is 10.4. The van der Waals surface area contributed by atoms with E-state index in [4.69, 9.17) is 5.73 Å². The Hall–Kier alpha value is -1.50. The van der Waals surface area contributed by atoms with Crippen molar-refractivity contribution in [3.05, 3.63) is 32.5 Å². The molecular weight excluding hydrogens is 242 g/mol. The Labute approximate surface area is 81.0 Å². The molecule has 68 valence electrons. The van der Waals surface area contributed by atoms with Crippen molar-refractivity contribution in [3.63, 3.8) is 0 Å². The molecule has 1 heterocycles. The quantitative estimate of drug-likeness (QED) is 0.617. The van der Waals surface area contributed by atoms with Crippen molar-refractivity contribution >= 4 is 27.5 Å². The Kier molecular flexibility index (Phi) is 2.57. The van der Waals surface area contributed by atoms with Crippen LogP contribution in [0.1, 0.15) is 10.5 Å². The average molecular weight is 246 g/mol. The van der Waals surface area contributed by atoms with E-state index in [0.717, 1.165) is 0 Å². The normalized spacial score (nSPS) is 9.62. The van der Waals surface area contributed by atoms with E-state index in [1.807, 2.05) is 0 Å². The molecule has 0 aliphatic heterocycles. The number of rotatable bonds is 2. The molecule has 1 aromatic heterocycles. The number of primary amides is 1. The summed E-state index contributed by atoms with van der Waals surface area (Å²) in [7, 11) is 0. The molecule has 0 fully saturated rings. The molecule has 13 heavy (non-hydrogen) atoms. The minimum absolute atomic E-state index is 0.340. The van der Waals surface area contributed by atoms with Crippen LogP contribution in [0, 0.1) is 10.1 Å². The molecule has 0 aliphatic rings. The maximum atomic E-state index is 10.7. The Morgan fingerprint density at radius 3 is 2.77 bits per heavy atom. The molecule has 0 spiro atoms. The molecule has 0 unspecified atom stereocenters. The van der Waals surface area contributed by atoms with Gasteiger partial charge in [0.15, 0.2) is 0 Å². The number of hydrogen-bond acceptors (Lipinski definition) is 4. The summed E-state index contributed by atoms with van der Waals surface area (Å²) in [6, 6.07) is 1.17. The lowest BCUT2D eigenvalue weighted by atomic mass is 10.3. The highest BCUT2D eigenvalue weighted by atomic mass is 79.9. The Bertz CT molecular complexity index is 379. The van der Waals surface area contributed by atoms with Crippen molar-refractivity contribution in [2.24, 2.45) is 5.73 Å². The summed E-state index contributed by atoms with van der Waals surface area (Å²) in [5.41, 5.74) is 4.14. The van der Waals surface area contributed by atoms with Gasteiger partial charge < -0.3 is 5.73 Å². The van der Waals surface area contributed by atoms with Crippen molar-refractivity contribution < 1.29 is 9.72 Å². The fourth-order valence-corrected chi connectivity index (χ4v) is 1.08. The zero-order valence-electron chi connectivity index (χ0n) is 6.23. The molecule has 0 atom stereocenters. The van der Waals surface area contributed by atoms with E-state index in [1.54, 1.807) is 0 Å². The van der Waals surface area contributed by atoms with Gasteiger partial charge in [0.2, 0.25) is 5.69 Å². The van der Waals surface area contributed by atoms with Crippen LogP contribution in [0.3, 0.4) is 0 Å². The molecule has 0 bridgehead atoms. The maximum absolute atomic E-state index is 10.7. The fourth-order valence-electron chi connectivity index (χ4n) is 0.758. The van der Waals surface area contributed by atoms with Crippen LogP contribution in [0.25, 0.3) is 0 Å². The number of aromatic nitrogens is 1. The summed E-state index contributed by atoms with van der Waals surface area (Å²) in [6.07, 6.45) is 1.27. The Morgan fingerprint density at radius 1 is 1.69 bits per heavy atom. The van der Waals surface area contributed by atoms with Gasteiger partial charge in [-0.15, -0.1) is 0 Å². The predicted molar refractivity (Wildman–Crippen MR) is 47.1 cm³/mol. The lowest BCUT2D eigenvalue weighted by Gasteiger charge is -1.97. The predicted octanol–water partition coefficient (Wildman–Crippen LogP) is 0.851. The standard InChI is InChI=1S/C6H4BrN3O3/c7-3-1-4(10(12)13)5(6(8)11)9-2-3/h1-2H,(H2,8,11). The van der Waals surface area contributed by atoms with E-state index in [9.17, 15) is 14.9 Å². The van der Waals surface area contributed by atoms with E-state index >= 15 is 0 Å². The molecule has 1 rings (SSSR count). The smallest absolute Gasteiger partial charge is 0.301 e. The number of nitro groups is 1. The molecule has 0 saturated carbocycles. The highest BCUT2D eigenvalue weighted by Gasteiger charge is 2.19. The first-order chi connectivity index (χ1) is 6.02. The molecule has 7 heteroatoms. The van der Waals surface area contributed by atoms with Gasteiger partial charge in [0.25, 0.3) is 5.91 Å². The van der Waals surface area contributed by atoms with Crippen LogP contribution < -0.4 is 5.73 Å². The number of carbonyl (C=O) groups is 1. The second kappa shape index (κ2) is 3.48. The molecular formula is C6H4BrN3O3. The van der Waals surface area contributed by atoms with Crippen molar-refractivity contribution in [2.45, 2.75) is 0 Å². The zero-order chi connectivity index (χ0) is 10.0. The number of pyridine rings is 1. The third kappa shape index (κ3) is 2.00. The largest absolute Gasteiger partial charge is 0.364 e. The van der Waals surface area contributed by atoms with Crippen LogP contribution in [0.4, 0.5) is 5.69 Å². The summed E-state index contributed by atoms with van der Waals surface area (Å²) in [6.45, 7) is 0. The van der Waals surface area contributed by atoms with E-state index in [0.29, 0.717) is 4.47 Å². The first-order valence-corrected chi connectivity index (χ1v) is 3.91. The van der Waals surface area contributed by atoms with E-state index in [-0.39, 0.29) is 5.69 Å². The van der Waals surface area contributed by atoms with Gasteiger partial charge in [0.05, 0.1) is 4.92 Å². The van der Waals surface area contributed by atoms with Gasteiger partial charge in [0.1, 0.15) is 0 Å². The van der Waals surface area contributed by atoms with Gasteiger partial charge in [-0.05, 0) is 15.9 Å². The van der Waals surface area contributed by atoms with Crippen LogP contribution in [-0.2, 0) is 0 Å². The summed E-state index contributed by atoms with van der Waals surface area (Å²) >= 11 is 2.99. The van der Waals surface area contributed by atoms with Gasteiger partial charge in [-0.2, -0.15) is 0 Å². The maximum Gasteiger partial charge on any atom is 0.301 e. The number of amides is 1. The van der Waals surface area contributed by atoms with Gasteiger partial charge in [-0.25, -0.2) is 4.98 Å². The minimum atomic E-state index is -0.917. The fraction of sp³-hybridized carbons (Fsp3) is 0. The first kappa shape index (κ1) is 9.59. The SMILES string of the molecule is NC(=O)c1ncc(Br)cc1[N+](=O)[O-]. The summed E-state index contributed by atoms with van der Waals surface area (Å²) < 4.78 is 0.421. The molecule has 1 amide bonds. The molecule has 0 aromatic carbocycles. The van der Waals surface area contributed by atoms with Gasteiger partial charge in [-0.3, -0.25) is 14.9 Å². The lowest BCUT2D eigenvalue weighted by molar-refractivity contribution is -0.385. The van der Waals surface area contributed by atoms with Crippen LogP contribution >= 0.6 is 15.9 Å². The van der Waals surface area contributed by atoms with Crippen molar-refractivity contribution in [2.75, 3.05) is 0 Å². The Balaban J connectivity index is 3.35. The Morgan fingerprint density at radius 2 is 2.31 bits per heavy atom. The molecule has 2 N–H and O–H groups in total. The van der Waals surface area contributed by atoms with Gasteiger partial charge in [0, 0.05) is 16.7 Å². The van der Waals surface area contributed by atoms with E-state index in [1.165, 1.54) is 12.3 Å². The van der Waals surface area contributed by atoms with E-state index in [2.05, 4.69) is 20.9 Å². The molecule has 0 radical (unpaired) electrons. The van der Waals surface area contributed by atoms with Crippen molar-refractivity contribution in [1.29, 1.82) is 0 Å². The molecule has 0 aliphatic carbocycles. The lowest BCUT2D eigenvalue weighted by Crippen LogP contribution is -2.15. The van der Waals surface area contributed by atoms with Gasteiger partial charge >= 0.3 is 5.69 Å². The minimum Gasteiger partial charge on any atom is -0.364 e. The van der Waals surface area contributed by atoms with Crippen LogP contribution in [0.2, 0.25) is 0 Å².